The van der Waals surface area contributed by atoms with E-state index in [9.17, 15) is 4.79 Å². The molecule has 4 rings (SSSR count). The van der Waals surface area contributed by atoms with Crippen molar-refractivity contribution >= 4 is 28.7 Å². The highest BCUT2D eigenvalue weighted by atomic mass is 16.4. The lowest BCUT2D eigenvalue weighted by molar-refractivity contribution is -0.122. The van der Waals surface area contributed by atoms with Crippen LogP contribution in [-0.2, 0) is 4.79 Å². The van der Waals surface area contributed by atoms with Crippen LogP contribution in [0.3, 0.4) is 0 Å². The third-order valence-electron chi connectivity index (χ3n) is 5.04. The van der Waals surface area contributed by atoms with E-state index < -0.39 is 0 Å². The molecule has 1 amide bonds. The van der Waals surface area contributed by atoms with Crippen molar-refractivity contribution in [1.82, 2.24) is 4.98 Å². The molecule has 3 aromatic rings. The summed E-state index contributed by atoms with van der Waals surface area (Å²) in [6.07, 6.45) is 3.36. The third-order valence-corrected chi connectivity index (χ3v) is 5.04. The van der Waals surface area contributed by atoms with Crippen molar-refractivity contribution in [3.8, 4) is 0 Å². The number of oxazole rings is 1. The van der Waals surface area contributed by atoms with Gasteiger partial charge in [0.2, 0.25) is 5.91 Å². The Morgan fingerprint density at radius 2 is 1.85 bits per heavy atom. The summed E-state index contributed by atoms with van der Waals surface area (Å²) in [7, 11) is 0. The average molecular weight is 361 g/mol. The van der Waals surface area contributed by atoms with E-state index >= 15 is 0 Å². The number of hydrogen-bond donors (Lipinski definition) is 0. The van der Waals surface area contributed by atoms with Gasteiger partial charge in [-0.2, -0.15) is 4.98 Å². The molecule has 2 heterocycles. The molecular weight excluding hydrogens is 338 g/mol. The van der Waals surface area contributed by atoms with Gasteiger partial charge in [-0.25, -0.2) is 0 Å². The first kappa shape index (κ1) is 17.3. The third kappa shape index (κ3) is 3.58. The second kappa shape index (κ2) is 7.66. The van der Waals surface area contributed by atoms with Gasteiger partial charge in [0.25, 0.3) is 6.01 Å². The molecule has 0 spiro atoms. The summed E-state index contributed by atoms with van der Waals surface area (Å²) < 4.78 is 5.86. The van der Waals surface area contributed by atoms with E-state index in [1.54, 1.807) is 6.08 Å². The van der Waals surface area contributed by atoms with E-state index in [1.807, 2.05) is 59.5 Å². The van der Waals surface area contributed by atoms with E-state index in [4.69, 9.17) is 4.42 Å². The minimum absolute atomic E-state index is 0.00536. The number of carbonyl (C=O) groups excluding carboxylic acids is 1. The van der Waals surface area contributed by atoms with Crippen molar-refractivity contribution in [3.05, 3.63) is 67.3 Å². The molecule has 27 heavy (non-hydrogen) atoms. The molecule has 2 aromatic carbocycles. The Kier molecular flexibility index (Phi) is 4.92. The normalized spacial score (nSPS) is 15.0. The Bertz CT molecular complexity index is 894. The summed E-state index contributed by atoms with van der Waals surface area (Å²) in [5.41, 5.74) is 2.59. The monoisotopic (exact) mass is 361 g/mol. The molecule has 1 aliphatic heterocycles. The van der Waals surface area contributed by atoms with Crippen LogP contribution in [0.2, 0.25) is 0 Å². The fourth-order valence-corrected chi connectivity index (χ4v) is 3.59. The Morgan fingerprint density at radius 1 is 1.15 bits per heavy atom. The second-order valence-corrected chi connectivity index (χ2v) is 6.80. The van der Waals surface area contributed by atoms with E-state index in [0.29, 0.717) is 12.6 Å². The Hall–Kier alpha value is -3.08. The van der Waals surface area contributed by atoms with Crippen LogP contribution < -0.4 is 9.80 Å². The molecule has 138 valence electrons. The van der Waals surface area contributed by atoms with Crippen molar-refractivity contribution in [2.24, 2.45) is 5.92 Å². The van der Waals surface area contributed by atoms with Crippen LogP contribution in [-0.4, -0.2) is 30.5 Å². The predicted octanol–water partition coefficient (Wildman–Crippen LogP) is 4.26. The molecule has 0 aliphatic carbocycles. The van der Waals surface area contributed by atoms with Crippen LogP contribution in [0.15, 0.2) is 71.7 Å². The molecule has 0 radical (unpaired) electrons. The molecule has 0 N–H and O–H groups in total. The van der Waals surface area contributed by atoms with Crippen molar-refractivity contribution in [3.63, 3.8) is 0 Å². The highest BCUT2D eigenvalue weighted by Gasteiger charge is 2.30. The van der Waals surface area contributed by atoms with Crippen LogP contribution >= 0.6 is 0 Å². The van der Waals surface area contributed by atoms with Gasteiger partial charge in [0.05, 0.1) is 0 Å². The number of rotatable bonds is 5. The number of benzene rings is 2. The van der Waals surface area contributed by atoms with Crippen LogP contribution in [0.5, 0.6) is 0 Å². The van der Waals surface area contributed by atoms with Gasteiger partial charge in [-0.1, -0.05) is 36.4 Å². The zero-order chi connectivity index (χ0) is 18.6. The summed E-state index contributed by atoms with van der Waals surface area (Å²) in [6, 6.07) is 18.2. The van der Waals surface area contributed by atoms with Crippen molar-refractivity contribution in [2.45, 2.75) is 12.8 Å². The molecule has 1 aliphatic rings. The zero-order valence-electron chi connectivity index (χ0n) is 15.3. The number of nitrogens with zero attached hydrogens (tertiary/aromatic N) is 3. The van der Waals surface area contributed by atoms with Gasteiger partial charge >= 0.3 is 0 Å². The molecule has 1 aromatic heterocycles. The lowest BCUT2D eigenvalue weighted by atomic mass is 9.95. The van der Waals surface area contributed by atoms with E-state index in [1.165, 1.54) is 0 Å². The maximum absolute atomic E-state index is 13.1. The number of piperidine rings is 1. The summed E-state index contributed by atoms with van der Waals surface area (Å²) >= 11 is 0. The van der Waals surface area contributed by atoms with Crippen molar-refractivity contribution in [1.29, 1.82) is 0 Å². The topological polar surface area (TPSA) is 49.6 Å². The van der Waals surface area contributed by atoms with E-state index in [-0.39, 0.29) is 11.8 Å². The lowest BCUT2D eigenvalue weighted by Gasteiger charge is -2.33. The largest absolute Gasteiger partial charge is 0.423 e. The maximum Gasteiger partial charge on any atom is 0.298 e. The highest BCUT2D eigenvalue weighted by molar-refractivity contribution is 5.95. The minimum atomic E-state index is 0.00536. The molecule has 0 bridgehead atoms. The molecule has 0 atom stereocenters. The summed E-state index contributed by atoms with van der Waals surface area (Å²) in [5.74, 6) is 0.170. The standard InChI is InChI=1S/C22H23N3O2/c1-2-14-25(18-8-4-3-5-9-18)21(26)17-12-15-24(16-13-17)22-23-19-10-6-7-11-20(19)27-22/h2-11,17H,1,12-16H2. The first-order valence-electron chi connectivity index (χ1n) is 9.34. The smallest absolute Gasteiger partial charge is 0.298 e. The first-order valence-corrected chi connectivity index (χ1v) is 9.34. The van der Waals surface area contributed by atoms with Crippen molar-refractivity contribution in [2.75, 3.05) is 29.4 Å². The lowest BCUT2D eigenvalue weighted by Crippen LogP contribution is -2.43. The minimum Gasteiger partial charge on any atom is -0.423 e. The number of anilines is 2. The molecule has 0 saturated carbocycles. The summed E-state index contributed by atoms with van der Waals surface area (Å²) in [5, 5.41) is 0. The van der Waals surface area contributed by atoms with Crippen LogP contribution in [0.1, 0.15) is 12.8 Å². The van der Waals surface area contributed by atoms with Crippen LogP contribution in [0.4, 0.5) is 11.7 Å². The quantitative estimate of drug-likeness (QED) is 0.637. The fraction of sp³-hybridized carbons (Fsp3) is 0.273. The van der Waals surface area contributed by atoms with Gasteiger partial charge in [-0.15, -0.1) is 6.58 Å². The molecule has 1 saturated heterocycles. The summed E-state index contributed by atoms with van der Waals surface area (Å²) in [4.78, 5) is 21.6. The zero-order valence-corrected chi connectivity index (χ0v) is 15.3. The molecule has 5 heteroatoms. The number of amides is 1. The fourth-order valence-electron chi connectivity index (χ4n) is 3.59. The van der Waals surface area contributed by atoms with E-state index in [2.05, 4.69) is 16.5 Å². The summed E-state index contributed by atoms with van der Waals surface area (Å²) in [6.45, 7) is 5.85. The van der Waals surface area contributed by atoms with Crippen molar-refractivity contribution < 1.29 is 9.21 Å². The van der Waals surface area contributed by atoms with Gasteiger partial charge in [0.15, 0.2) is 5.58 Å². The number of hydrogen-bond acceptors (Lipinski definition) is 4. The molecule has 1 fully saturated rings. The number of para-hydroxylation sites is 3. The van der Waals surface area contributed by atoms with Gasteiger partial charge in [-0.05, 0) is 37.1 Å². The maximum atomic E-state index is 13.1. The Labute approximate surface area is 158 Å². The van der Waals surface area contributed by atoms with E-state index in [0.717, 1.165) is 42.7 Å². The second-order valence-electron chi connectivity index (χ2n) is 6.80. The Morgan fingerprint density at radius 3 is 2.56 bits per heavy atom. The number of carbonyl (C=O) groups is 1. The Balaban J connectivity index is 1.44. The van der Waals surface area contributed by atoms with Gasteiger partial charge in [0, 0.05) is 31.2 Å². The van der Waals surface area contributed by atoms with Gasteiger partial charge in [-0.3, -0.25) is 4.79 Å². The molecule has 5 nitrogen and oxygen atoms in total. The number of aromatic nitrogens is 1. The van der Waals surface area contributed by atoms with Crippen LogP contribution in [0.25, 0.3) is 11.1 Å². The SMILES string of the molecule is C=CCN(C(=O)C1CCN(c2nc3ccccc3o2)CC1)c1ccccc1. The van der Waals surface area contributed by atoms with Gasteiger partial charge < -0.3 is 14.2 Å². The van der Waals surface area contributed by atoms with Crippen LogP contribution in [0, 0.1) is 5.92 Å². The molecular formula is C22H23N3O2. The average Bonchev–Trinajstić information content (AvgIpc) is 3.16. The highest BCUT2D eigenvalue weighted by Crippen LogP contribution is 2.28. The number of fused-ring (bicyclic) bond motifs is 1. The predicted molar refractivity (Wildman–Crippen MR) is 108 cm³/mol. The molecule has 0 unspecified atom stereocenters. The first-order chi connectivity index (χ1) is 13.3. The van der Waals surface area contributed by atoms with Gasteiger partial charge in [0.1, 0.15) is 5.52 Å².